The summed E-state index contributed by atoms with van der Waals surface area (Å²) in [6, 6.07) is 12.3. The quantitative estimate of drug-likeness (QED) is 0.681. The van der Waals surface area contributed by atoms with Crippen molar-refractivity contribution in [2.45, 2.75) is 19.8 Å². The van der Waals surface area contributed by atoms with Gasteiger partial charge in [0.15, 0.2) is 11.3 Å². The normalized spacial score (nSPS) is 13.4. The molecule has 0 amide bonds. The standard InChI is InChI=1S/C22H22N2O4/c1-14-11-15(7-8-23-18-6-3-2-5-16(18)22(26)27)21-17(12-14)19(25)13-20(28-21)24-9-4-10-24/h2-3,5-6,11-13,23H,4,7-10H2,1H3,(H,26,27). The van der Waals surface area contributed by atoms with Crippen LogP contribution < -0.4 is 15.6 Å². The molecule has 0 atom stereocenters. The first kappa shape index (κ1) is 18.1. The molecule has 6 heteroatoms. The Hall–Kier alpha value is -3.28. The molecule has 0 spiro atoms. The molecule has 1 aliphatic heterocycles. The van der Waals surface area contributed by atoms with Gasteiger partial charge in [0.2, 0.25) is 0 Å². The molecule has 144 valence electrons. The summed E-state index contributed by atoms with van der Waals surface area (Å²) >= 11 is 0. The summed E-state index contributed by atoms with van der Waals surface area (Å²) < 4.78 is 6.10. The summed E-state index contributed by atoms with van der Waals surface area (Å²) in [4.78, 5) is 26.0. The molecule has 2 aromatic carbocycles. The predicted molar refractivity (Wildman–Crippen MR) is 110 cm³/mol. The summed E-state index contributed by atoms with van der Waals surface area (Å²) in [6.45, 7) is 4.30. The van der Waals surface area contributed by atoms with E-state index in [1.54, 1.807) is 30.3 Å². The highest BCUT2D eigenvalue weighted by Gasteiger charge is 2.19. The zero-order chi connectivity index (χ0) is 19.7. The smallest absolute Gasteiger partial charge is 0.337 e. The highest BCUT2D eigenvalue weighted by molar-refractivity contribution is 5.94. The fourth-order valence-corrected chi connectivity index (χ4v) is 3.51. The van der Waals surface area contributed by atoms with E-state index in [-0.39, 0.29) is 11.0 Å². The van der Waals surface area contributed by atoms with Crippen LogP contribution in [0.15, 0.2) is 51.7 Å². The van der Waals surface area contributed by atoms with Gasteiger partial charge < -0.3 is 19.7 Å². The third-order valence-corrected chi connectivity index (χ3v) is 5.07. The summed E-state index contributed by atoms with van der Waals surface area (Å²) in [6.07, 6.45) is 1.72. The number of carbonyl (C=O) groups is 1. The molecule has 3 aromatic rings. The van der Waals surface area contributed by atoms with E-state index >= 15 is 0 Å². The molecule has 1 fully saturated rings. The number of carboxylic acids is 1. The number of nitrogens with zero attached hydrogens (tertiary/aromatic N) is 1. The first-order valence-electron chi connectivity index (χ1n) is 9.41. The van der Waals surface area contributed by atoms with Crippen molar-refractivity contribution in [1.29, 1.82) is 0 Å². The average Bonchev–Trinajstić information content (AvgIpc) is 2.61. The highest BCUT2D eigenvalue weighted by Crippen LogP contribution is 2.27. The van der Waals surface area contributed by atoms with Gasteiger partial charge in [-0.3, -0.25) is 4.79 Å². The molecule has 0 saturated carbocycles. The van der Waals surface area contributed by atoms with Crippen molar-refractivity contribution in [3.05, 3.63) is 69.4 Å². The Bertz CT molecular complexity index is 1100. The fourth-order valence-electron chi connectivity index (χ4n) is 3.51. The van der Waals surface area contributed by atoms with Crippen molar-refractivity contribution in [3.63, 3.8) is 0 Å². The zero-order valence-electron chi connectivity index (χ0n) is 15.7. The molecular formula is C22H22N2O4. The lowest BCUT2D eigenvalue weighted by atomic mass is 10.0. The predicted octanol–water partition coefficient (Wildman–Crippen LogP) is 3.66. The topological polar surface area (TPSA) is 82.8 Å². The molecule has 1 aromatic heterocycles. The Morgan fingerprint density at radius 3 is 2.71 bits per heavy atom. The molecule has 4 rings (SSSR count). The van der Waals surface area contributed by atoms with Gasteiger partial charge in [0.25, 0.3) is 0 Å². The van der Waals surface area contributed by atoms with E-state index in [2.05, 4.69) is 10.2 Å². The first-order valence-corrected chi connectivity index (χ1v) is 9.41. The number of benzene rings is 2. The fraction of sp³-hybridized carbons (Fsp3) is 0.273. The molecule has 0 radical (unpaired) electrons. The van der Waals surface area contributed by atoms with Gasteiger partial charge in [-0.2, -0.15) is 0 Å². The van der Waals surface area contributed by atoms with Crippen LogP contribution in [0.4, 0.5) is 11.6 Å². The van der Waals surface area contributed by atoms with Gasteiger partial charge in [-0.25, -0.2) is 4.79 Å². The first-order chi connectivity index (χ1) is 13.5. The number of hydrogen-bond donors (Lipinski definition) is 2. The Kier molecular flexibility index (Phi) is 4.77. The van der Waals surface area contributed by atoms with Crippen LogP contribution in [0.2, 0.25) is 0 Å². The minimum atomic E-state index is -0.964. The van der Waals surface area contributed by atoms with Gasteiger partial charge in [-0.15, -0.1) is 0 Å². The number of carboxylic acid groups (broad SMARTS) is 1. The molecule has 1 saturated heterocycles. The SMILES string of the molecule is Cc1cc(CCNc2ccccc2C(=O)O)c2oc(N3CCC3)cc(=O)c2c1. The Balaban J connectivity index is 1.62. The van der Waals surface area contributed by atoms with Gasteiger partial charge in [-0.05, 0) is 49.1 Å². The van der Waals surface area contributed by atoms with Crippen molar-refractivity contribution in [2.75, 3.05) is 29.9 Å². The maximum absolute atomic E-state index is 12.6. The lowest BCUT2D eigenvalue weighted by molar-refractivity contribution is 0.0698. The minimum absolute atomic E-state index is 0.0303. The van der Waals surface area contributed by atoms with Gasteiger partial charge in [0.05, 0.1) is 10.9 Å². The second-order valence-corrected chi connectivity index (χ2v) is 7.12. The van der Waals surface area contributed by atoms with Crippen molar-refractivity contribution < 1.29 is 14.3 Å². The van der Waals surface area contributed by atoms with E-state index in [4.69, 9.17) is 4.42 Å². The second-order valence-electron chi connectivity index (χ2n) is 7.12. The largest absolute Gasteiger partial charge is 0.478 e. The summed E-state index contributed by atoms with van der Waals surface area (Å²) in [5.41, 5.74) is 3.34. The van der Waals surface area contributed by atoms with Gasteiger partial charge in [0.1, 0.15) is 5.58 Å². The highest BCUT2D eigenvalue weighted by atomic mass is 16.4. The Labute approximate surface area is 162 Å². The number of hydrogen-bond acceptors (Lipinski definition) is 5. The molecule has 0 aliphatic carbocycles. The number of nitrogens with one attached hydrogen (secondary N) is 1. The van der Waals surface area contributed by atoms with Crippen molar-refractivity contribution in [1.82, 2.24) is 0 Å². The molecule has 0 bridgehead atoms. The summed E-state index contributed by atoms with van der Waals surface area (Å²) in [7, 11) is 0. The third kappa shape index (κ3) is 3.45. The Morgan fingerprint density at radius 1 is 1.21 bits per heavy atom. The lowest BCUT2D eigenvalue weighted by Crippen LogP contribution is -2.37. The third-order valence-electron chi connectivity index (χ3n) is 5.07. The second kappa shape index (κ2) is 7.38. The van der Waals surface area contributed by atoms with Gasteiger partial charge in [0, 0.05) is 31.4 Å². The minimum Gasteiger partial charge on any atom is -0.478 e. The Morgan fingerprint density at radius 2 is 2.00 bits per heavy atom. The number of aromatic carboxylic acids is 1. The molecular weight excluding hydrogens is 356 g/mol. The monoisotopic (exact) mass is 378 g/mol. The molecule has 0 unspecified atom stereocenters. The summed E-state index contributed by atoms with van der Waals surface area (Å²) in [5, 5.41) is 13.1. The maximum atomic E-state index is 12.6. The molecule has 6 nitrogen and oxygen atoms in total. The number of fused-ring (bicyclic) bond motifs is 1. The summed E-state index contributed by atoms with van der Waals surface area (Å²) in [5.74, 6) is -0.340. The van der Waals surface area contributed by atoms with E-state index in [1.807, 2.05) is 19.1 Å². The number of rotatable bonds is 6. The maximum Gasteiger partial charge on any atom is 0.337 e. The number of anilines is 2. The van der Waals surface area contributed by atoms with Crippen LogP contribution in [-0.4, -0.2) is 30.7 Å². The molecule has 1 aliphatic rings. The van der Waals surface area contributed by atoms with Crippen molar-refractivity contribution in [2.24, 2.45) is 0 Å². The average molecular weight is 378 g/mol. The van der Waals surface area contributed by atoms with Crippen LogP contribution in [0.5, 0.6) is 0 Å². The van der Waals surface area contributed by atoms with Crippen LogP contribution in [0.25, 0.3) is 11.0 Å². The number of para-hydroxylation sites is 1. The van der Waals surface area contributed by atoms with Gasteiger partial charge in [-0.1, -0.05) is 18.2 Å². The van der Waals surface area contributed by atoms with Crippen molar-refractivity contribution >= 4 is 28.5 Å². The lowest BCUT2D eigenvalue weighted by Gasteiger charge is -2.31. The van der Waals surface area contributed by atoms with Gasteiger partial charge >= 0.3 is 5.97 Å². The van der Waals surface area contributed by atoms with E-state index in [0.717, 1.165) is 30.6 Å². The van der Waals surface area contributed by atoms with Crippen LogP contribution >= 0.6 is 0 Å². The van der Waals surface area contributed by atoms with E-state index in [1.165, 1.54) is 0 Å². The van der Waals surface area contributed by atoms with Crippen LogP contribution in [0, 0.1) is 6.92 Å². The van der Waals surface area contributed by atoms with E-state index in [0.29, 0.717) is 35.5 Å². The zero-order valence-corrected chi connectivity index (χ0v) is 15.7. The van der Waals surface area contributed by atoms with Crippen molar-refractivity contribution in [3.8, 4) is 0 Å². The van der Waals surface area contributed by atoms with Crippen LogP contribution in [0.1, 0.15) is 27.9 Å². The molecule has 2 N–H and O–H groups in total. The molecule has 28 heavy (non-hydrogen) atoms. The number of aryl methyl sites for hydroxylation is 1. The molecule has 2 heterocycles. The van der Waals surface area contributed by atoms with E-state index in [9.17, 15) is 14.7 Å². The van der Waals surface area contributed by atoms with E-state index < -0.39 is 5.97 Å². The van der Waals surface area contributed by atoms with Crippen LogP contribution in [-0.2, 0) is 6.42 Å². The van der Waals surface area contributed by atoms with Crippen LogP contribution in [0.3, 0.4) is 0 Å².